The second-order valence-electron chi connectivity index (χ2n) is 4.76. The van der Waals surface area contributed by atoms with Crippen LogP contribution in [0.5, 0.6) is 0 Å². The zero-order chi connectivity index (χ0) is 13.8. The third-order valence-electron chi connectivity index (χ3n) is 2.63. The van der Waals surface area contributed by atoms with Crippen molar-refractivity contribution in [2.75, 3.05) is 6.54 Å². The Hall–Kier alpha value is -1.27. The number of hydrogen-bond donors (Lipinski definition) is 1. The lowest BCUT2D eigenvalue weighted by atomic mass is 10.2. The fraction of sp³-hybridized carbons (Fsp3) is 0.385. The van der Waals surface area contributed by atoms with Crippen LogP contribution in [-0.2, 0) is 6.54 Å². The molecule has 19 heavy (non-hydrogen) atoms. The van der Waals surface area contributed by atoms with Crippen LogP contribution in [0.15, 0.2) is 28.9 Å². The van der Waals surface area contributed by atoms with Gasteiger partial charge in [0, 0.05) is 6.54 Å². The molecular formula is C13H16BrFN4. The summed E-state index contributed by atoms with van der Waals surface area (Å²) in [6.45, 7) is 5.91. The van der Waals surface area contributed by atoms with Crippen LogP contribution < -0.4 is 5.32 Å². The van der Waals surface area contributed by atoms with Crippen LogP contribution in [0, 0.1) is 11.7 Å². The van der Waals surface area contributed by atoms with E-state index < -0.39 is 0 Å². The average Bonchev–Trinajstić information content (AvgIpc) is 2.80. The third kappa shape index (κ3) is 3.61. The monoisotopic (exact) mass is 326 g/mol. The van der Waals surface area contributed by atoms with E-state index in [1.165, 1.54) is 6.07 Å². The Kier molecular flexibility index (Phi) is 4.66. The molecule has 0 aliphatic heterocycles. The summed E-state index contributed by atoms with van der Waals surface area (Å²) in [4.78, 5) is 0. The summed E-state index contributed by atoms with van der Waals surface area (Å²) < 4.78 is 15.4. The van der Waals surface area contributed by atoms with Crippen LogP contribution in [0.4, 0.5) is 4.39 Å². The van der Waals surface area contributed by atoms with E-state index in [9.17, 15) is 4.39 Å². The number of benzene rings is 1. The number of rotatable bonds is 5. The maximum absolute atomic E-state index is 13.2. The van der Waals surface area contributed by atoms with Crippen molar-refractivity contribution in [3.05, 3.63) is 40.4 Å². The van der Waals surface area contributed by atoms with Gasteiger partial charge in [0.1, 0.15) is 5.82 Å². The molecule has 0 radical (unpaired) electrons. The standard InChI is InChI=1S/C13H16BrFN4/c1-9(2)6-16-7-11-8-17-18-19(11)10-3-4-13(15)12(14)5-10/h3-5,8-9,16H,6-7H2,1-2H3. The highest BCUT2D eigenvalue weighted by molar-refractivity contribution is 9.10. The molecule has 0 amide bonds. The Morgan fingerprint density at radius 3 is 2.89 bits per heavy atom. The van der Waals surface area contributed by atoms with Crippen LogP contribution in [0.25, 0.3) is 5.69 Å². The molecule has 1 N–H and O–H groups in total. The SMILES string of the molecule is CC(C)CNCc1cnnn1-c1ccc(F)c(Br)c1. The van der Waals surface area contributed by atoms with Gasteiger partial charge in [-0.3, -0.25) is 0 Å². The Morgan fingerprint density at radius 2 is 2.21 bits per heavy atom. The largest absolute Gasteiger partial charge is 0.311 e. The van der Waals surface area contributed by atoms with Gasteiger partial charge in [0.15, 0.2) is 0 Å². The van der Waals surface area contributed by atoms with Gasteiger partial charge in [-0.05, 0) is 46.6 Å². The fourth-order valence-corrected chi connectivity index (χ4v) is 2.07. The predicted molar refractivity (Wildman–Crippen MR) is 75.6 cm³/mol. The van der Waals surface area contributed by atoms with Gasteiger partial charge in [0.25, 0.3) is 0 Å². The second-order valence-corrected chi connectivity index (χ2v) is 5.61. The highest BCUT2D eigenvalue weighted by Gasteiger charge is 2.08. The maximum atomic E-state index is 13.2. The van der Waals surface area contributed by atoms with E-state index in [-0.39, 0.29) is 5.82 Å². The summed E-state index contributed by atoms with van der Waals surface area (Å²) >= 11 is 3.18. The van der Waals surface area contributed by atoms with Crippen molar-refractivity contribution in [1.82, 2.24) is 20.3 Å². The van der Waals surface area contributed by atoms with E-state index >= 15 is 0 Å². The van der Waals surface area contributed by atoms with Crippen molar-refractivity contribution in [1.29, 1.82) is 0 Å². The minimum atomic E-state index is -0.289. The number of nitrogens with one attached hydrogen (secondary N) is 1. The summed E-state index contributed by atoms with van der Waals surface area (Å²) in [7, 11) is 0. The van der Waals surface area contributed by atoms with Gasteiger partial charge < -0.3 is 5.32 Å². The van der Waals surface area contributed by atoms with E-state index in [0.717, 1.165) is 17.9 Å². The van der Waals surface area contributed by atoms with E-state index in [1.807, 2.05) is 0 Å². The molecule has 1 heterocycles. The summed E-state index contributed by atoms with van der Waals surface area (Å²) in [6, 6.07) is 4.78. The first-order valence-electron chi connectivity index (χ1n) is 6.13. The quantitative estimate of drug-likeness (QED) is 0.918. The molecule has 2 rings (SSSR count). The van der Waals surface area contributed by atoms with Crippen LogP contribution in [0.2, 0.25) is 0 Å². The van der Waals surface area contributed by atoms with E-state index in [1.54, 1.807) is 23.0 Å². The Labute approximate surface area is 120 Å². The summed E-state index contributed by atoms with van der Waals surface area (Å²) in [6.07, 6.45) is 1.71. The van der Waals surface area contributed by atoms with Crippen molar-refractivity contribution in [2.24, 2.45) is 5.92 Å². The molecule has 0 atom stereocenters. The highest BCUT2D eigenvalue weighted by atomic mass is 79.9. The molecule has 0 spiro atoms. The summed E-state index contributed by atoms with van der Waals surface area (Å²) in [5, 5.41) is 11.3. The molecule has 102 valence electrons. The molecule has 4 nitrogen and oxygen atoms in total. The van der Waals surface area contributed by atoms with Crippen molar-refractivity contribution in [3.8, 4) is 5.69 Å². The van der Waals surface area contributed by atoms with Crippen LogP contribution in [-0.4, -0.2) is 21.5 Å². The lowest BCUT2D eigenvalue weighted by Crippen LogP contribution is -2.20. The maximum Gasteiger partial charge on any atom is 0.137 e. The van der Waals surface area contributed by atoms with Gasteiger partial charge in [-0.15, -0.1) is 5.10 Å². The number of aromatic nitrogens is 3. The molecule has 1 aromatic carbocycles. The molecule has 2 aromatic rings. The van der Waals surface area contributed by atoms with Crippen molar-refractivity contribution in [2.45, 2.75) is 20.4 Å². The fourth-order valence-electron chi connectivity index (χ4n) is 1.70. The average molecular weight is 327 g/mol. The van der Waals surface area contributed by atoms with Crippen molar-refractivity contribution in [3.63, 3.8) is 0 Å². The molecule has 0 aliphatic rings. The zero-order valence-corrected chi connectivity index (χ0v) is 12.5. The molecule has 1 aromatic heterocycles. The van der Waals surface area contributed by atoms with E-state index in [2.05, 4.69) is 45.4 Å². The van der Waals surface area contributed by atoms with E-state index in [4.69, 9.17) is 0 Å². The lowest BCUT2D eigenvalue weighted by molar-refractivity contribution is 0.542. The summed E-state index contributed by atoms with van der Waals surface area (Å²) in [5.74, 6) is 0.299. The smallest absolute Gasteiger partial charge is 0.137 e. The third-order valence-corrected chi connectivity index (χ3v) is 3.23. The Bertz CT molecular complexity index is 553. The van der Waals surface area contributed by atoms with Gasteiger partial charge in [-0.25, -0.2) is 9.07 Å². The van der Waals surface area contributed by atoms with Crippen molar-refractivity contribution >= 4 is 15.9 Å². The normalized spacial score (nSPS) is 11.2. The van der Waals surface area contributed by atoms with Crippen molar-refractivity contribution < 1.29 is 4.39 Å². The molecule has 0 saturated carbocycles. The number of hydrogen-bond acceptors (Lipinski definition) is 3. The Balaban J connectivity index is 2.16. The number of nitrogens with zero attached hydrogens (tertiary/aromatic N) is 3. The molecule has 0 fully saturated rings. The van der Waals surface area contributed by atoms with Gasteiger partial charge >= 0.3 is 0 Å². The molecular weight excluding hydrogens is 311 g/mol. The van der Waals surface area contributed by atoms with Crippen LogP contribution in [0.1, 0.15) is 19.5 Å². The predicted octanol–water partition coefficient (Wildman–Crippen LogP) is 2.91. The molecule has 6 heteroatoms. The van der Waals surface area contributed by atoms with Gasteiger partial charge in [-0.1, -0.05) is 19.1 Å². The lowest BCUT2D eigenvalue weighted by Gasteiger charge is -2.09. The first-order valence-corrected chi connectivity index (χ1v) is 6.93. The molecule has 0 unspecified atom stereocenters. The zero-order valence-electron chi connectivity index (χ0n) is 10.9. The molecule has 0 saturated heterocycles. The van der Waals surface area contributed by atoms with Crippen LogP contribution in [0.3, 0.4) is 0 Å². The summed E-state index contributed by atoms with van der Waals surface area (Å²) in [5.41, 5.74) is 1.73. The minimum Gasteiger partial charge on any atom is -0.311 e. The first kappa shape index (κ1) is 14.1. The number of halogens is 2. The van der Waals surface area contributed by atoms with Gasteiger partial charge in [0.05, 0.1) is 22.1 Å². The molecule has 0 bridgehead atoms. The van der Waals surface area contributed by atoms with Crippen LogP contribution >= 0.6 is 15.9 Å². The second kappa shape index (κ2) is 6.25. The first-order chi connectivity index (χ1) is 9.08. The minimum absolute atomic E-state index is 0.289. The molecule has 0 aliphatic carbocycles. The van der Waals surface area contributed by atoms with E-state index in [0.29, 0.717) is 16.9 Å². The van der Waals surface area contributed by atoms with Gasteiger partial charge in [-0.2, -0.15) is 0 Å². The Morgan fingerprint density at radius 1 is 1.42 bits per heavy atom. The highest BCUT2D eigenvalue weighted by Crippen LogP contribution is 2.19. The topological polar surface area (TPSA) is 42.7 Å². The van der Waals surface area contributed by atoms with Gasteiger partial charge in [0.2, 0.25) is 0 Å².